The number of aryl methyl sites for hydroxylation is 1. The number of benzene rings is 2. The minimum Gasteiger partial charge on any atom is -0.497 e. The smallest absolute Gasteiger partial charge is 0.257 e. The van der Waals surface area contributed by atoms with E-state index >= 15 is 0 Å². The number of aromatic amines is 1. The first-order chi connectivity index (χ1) is 12.6. The van der Waals surface area contributed by atoms with Crippen LogP contribution >= 0.6 is 11.3 Å². The van der Waals surface area contributed by atoms with E-state index in [0.29, 0.717) is 10.7 Å². The maximum Gasteiger partial charge on any atom is 0.257 e. The van der Waals surface area contributed by atoms with Gasteiger partial charge in [0, 0.05) is 16.0 Å². The number of hydrogen-bond acceptors (Lipinski definition) is 5. The quantitative estimate of drug-likeness (QED) is 0.567. The highest BCUT2D eigenvalue weighted by atomic mass is 32.1. The zero-order valence-corrected chi connectivity index (χ0v) is 15.1. The van der Waals surface area contributed by atoms with Gasteiger partial charge in [0.05, 0.1) is 30.2 Å². The van der Waals surface area contributed by atoms with Crippen molar-refractivity contribution < 1.29 is 9.53 Å². The number of carbonyl (C=O) groups is 1. The Labute approximate surface area is 153 Å². The molecule has 130 valence electrons. The molecule has 0 bridgehead atoms. The van der Waals surface area contributed by atoms with Gasteiger partial charge < -0.3 is 9.72 Å². The average Bonchev–Trinajstić information content (AvgIpc) is 3.27. The van der Waals surface area contributed by atoms with Crippen molar-refractivity contribution >= 4 is 33.4 Å². The third-order valence-electron chi connectivity index (χ3n) is 4.06. The summed E-state index contributed by atoms with van der Waals surface area (Å²) in [6.45, 7) is 1.99. The van der Waals surface area contributed by atoms with Crippen molar-refractivity contribution in [2.24, 2.45) is 0 Å². The molecule has 26 heavy (non-hydrogen) atoms. The van der Waals surface area contributed by atoms with Crippen LogP contribution in [0.25, 0.3) is 22.3 Å². The van der Waals surface area contributed by atoms with E-state index in [1.165, 1.54) is 11.3 Å². The molecule has 1 amide bonds. The minimum atomic E-state index is -0.198. The number of fused-ring (bicyclic) bond motifs is 1. The highest BCUT2D eigenvalue weighted by molar-refractivity contribution is 7.16. The van der Waals surface area contributed by atoms with Crippen molar-refractivity contribution in [2.45, 2.75) is 6.92 Å². The van der Waals surface area contributed by atoms with Crippen LogP contribution in [0.5, 0.6) is 5.75 Å². The van der Waals surface area contributed by atoms with Gasteiger partial charge in [-0.1, -0.05) is 0 Å². The summed E-state index contributed by atoms with van der Waals surface area (Å²) in [7, 11) is 1.64. The van der Waals surface area contributed by atoms with Crippen LogP contribution in [0.3, 0.4) is 0 Å². The molecule has 2 heterocycles. The number of aromatic nitrogens is 3. The summed E-state index contributed by atoms with van der Waals surface area (Å²) >= 11 is 1.45. The molecule has 0 unspecified atom stereocenters. The Hall–Kier alpha value is -3.19. The van der Waals surface area contributed by atoms with Gasteiger partial charge in [0.2, 0.25) is 0 Å². The molecule has 0 saturated heterocycles. The lowest BCUT2D eigenvalue weighted by molar-refractivity contribution is 0.102. The fourth-order valence-electron chi connectivity index (χ4n) is 2.71. The van der Waals surface area contributed by atoms with Crippen molar-refractivity contribution in [3.63, 3.8) is 0 Å². The summed E-state index contributed by atoms with van der Waals surface area (Å²) in [5, 5.41) is 3.45. The van der Waals surface area contributed by atoms with Gasteiger partial charge in [-0.3, -0.25) is 10.1 Å². The first-order valence-corrected chi connectivity index (χ1v) is 8.82. The molecular formula is C19H16N4O2S. The monoisotopic (exact) mass is 364 g/mol. The summed E-state index contributed by atoms with van der Waals surface area (Å²) in [4.78, 5) is 25.3. The van der Waals surface area contributed by atoms with Crippen molar-refractivity contribution in [1.29, 1.82) is 0 Å². The summed E-state index contributed by atoms with van der Waals surface area (Å²) in [5.74, 6) is 0.598. The molecular weight excluding hydrogens is 348 g/mol. The maximum absolute atomic E-state index is 12.5. The number of nitrogens with zero attached hydrogens (tertiary/aromatic N) is 2. The van der Waals surface area contributed by atoms with E-state index in [4.69, 9.17) is 4.74 Å². The van der Waals surface area contributed by atoms with E-state index in [2.05, 4.69) is 20.3 Å². The standard InChI is InChI=1S/C19H16N4O2S/c1-11-17(12-3-6-14(25-2)7-4-12)22-19(26-11)23-18(24)13-5-8-15-16(9-13)21-10-20-15/h3-10H,1-2H3,(H,20,21)(H,22,23,24). The van der Waals surface area contributed by atoms with E-state index in [1.54, 1.807) is 25.6 Å². The molecule has 4 rings (SSSR count). The van der Waals surface area contributed by atoms with Crippen LogP contribution in [0.2, 0.25) is 0 Å². The van der Waals surface area contributed by atoms with Crippen LogP contribution in [-0.2, 0) is 0 Å². The summed E-state index contributed by atoms with van der Waals surface area (Å²) in [6.07, 6.45) is 1.61. The van der Waals surface area contributed by atoms with Crippen LogP contribution in [0, 0.1) is 6.92 Å². The number of carbonyl (C=O) groups excluding carboxylic acids is 1. The number of rotatable bonds is 4. The van der Waals surface area contributed by atoms with Crippen LogP contribution in [-0.4, -0.2) is 28.0 Å². The van der Waals surface area contributed by atoms with Crippen LogP contribution in [0.4, 0.5) is 5.13 Å². The molecule has 2 aromatic carbocycles. The zero-order valence-electron chi connectivity index (χ0n) is 14.2. The SMILES string of the molecule is COc1ccc(-c2nc(NC(=O)c3ccc4nc[nH]c4c3)sc2C)cc1. The highest BCUT2D eigenvalue weighted by Crippen LogP contribution is 2.31. The second-order valence-electron chi connectivity index (χ2n) is 5.74. The lowest BCUT2D eigenvalue weighted by atomic mass is 10.1. The predicted molar refractivity (Wildman–Crippen MR) is 103 cm³/mol. The number of imidazole rings is 1. The summed E-state index contributed by atoms with van der Waals surface area (Å²) < 4.78 is 5.18. The number of anilines is 1. The van der Waals surface area contributed by atoms with Crippen molar-refractivity contribution in [1.82, 2.24) is 15.0 Å². The minimum absolute atomic E-state index is 0.198. The number of thiazole rings is 1. The van der Waals surface area contributed by atoms with E-state index in [-0.39, 0.29) is 5.91 Å². The molecule has 0 atom stereocenters. The fourth-order valence-corrected chi connectivity index (χ4v) is 3.54. The molecule has 7 heteroatoms. The van der Waals surface area contributed by atoms with Gasteiger partial charge in [-0.25, -0.2) is 9.97 Å². The lowest BCUT2D eigenvalue weighted by Crippen LogP contribution is -2.11. The van der Waals surface area contributed by atoms with E-state index in [0.717, 1.165) is 32.9 Å². The second kappa shape index (κ2) is 6.61. The summed E-state index contributed by atoms with van der Waals surface area (Å²) in [6, 6.07) is 13.1. The van der Waals surface area contributed by atoms with Gasteiger partial charge in [0.15, 0.2) is 5.13 Å². The Morgan fingerprint density at radius 2 is 2.00 bits per heavy atom. The molecule has 2 N–H and O–H groups in total. The van der Waals surface area contributed by atoms with Crippen LogP contribution in [0.1, 0.15) is 15.2 Å². The van der Waals surface area contributed by atoms with E-state index < -0.39 is 0 Å². The van der Waals surface area contributed by atoms with Gasteiger partial charge in [-0.05, 0) is 49.4 Å². The third kappa shape index (κ3) is 3.04. The second-order valence-corrected chi connectivity index (χ2v) is 6.94. The van der Waals surface area contributed by atoms with Gasteiger partial charge in [0.1, 0.15) is 5.75 Å². The lowest BCUT2D eigenvalue weighted by Gasteiger charge is -2.02. The molecule has 0 radical (unpaired) electrons. The molecule has 0 spiro atoms. The highest BCUT2D eigenvalue weighted by Gasteiger charge is 2.14. The maximum atomic E-state index is 12.5. The number of nitrogens with one attached hydrogen (secondary N) is 2. The Kier molecular flexibility index (Phi) is 4.14. The normalized spacial score (nSPS) is 10.8. The van der Waals surface area contributed by atoms with Gasteiger partial charge >= 0.3 is 0 Å². The predicted octanol–water partition coefficient (Wildman–Crippen LogP) is 4.26. The number of H-pyrrole nitrogens is 1. The first kappa shape index (κ1) is 16.3. The van der Waals surface area contributed by atoms with Crippen LogP contribution < -0.4 is 10.1 Å². The zero-order chi connectivity index (χ0) is 18.1. The molecule has 4 aromatic rings. The number of amides is 1. The van der Waals surface area contributed by atoms with Crippen LogP contribution in [0.15, 0.2) is 48.8 Å². The first-order valence-electron chi connectivity index (χ1n) is 8.00. The molecule has 6 nitrogen and oxygen atoms in total. The van der Waals surface area contributed by atoms with Crippen molar-refractivity contribution in [3.05, 3.63) is 59.2 Å². The third-order valence-corrected chi connectivity index (χ3v) is 4.95. The topological polar surface area (TPSA) is 79.9 Å². The fraction of sp³-hybridized carbons (Fsp3) is 0.105. The number of ether oxygens (including phenoxy) is 1. The van der Waals surface area contributed by atoms with E-state index in [9.17, 15) is 4.79 Å². The molecule has 0 fully saturated rings. The molecule has 2 aromatic heterocycles. The Bertz CT molecular complexity index is 1080. The van der Waals surface area contributed by atoms with Gasteiger partial charge in [-0.15, -0.1) is 11.3 Å². The molecule has 0 aliphatic heterocycles. The molecule has 0 saturated carbocycles. The molecule has 0 aliphatic carbocycles. The Balaban J connectivity index is 1.57. The Morgan fingerprint density at radius 3 is 2.77 bits per heavy atom. The van der Waals surface area contributed by atoms with Crippen molar-refractivity contribution in [3.8, 4) is 17.0 Å². The van der Waals surface area contributed by atoms with Gasteiger partial charge in [-0.2, -0.15) is 0 Å². The number of hydrogen-bond donors (Lipinski definition) is 2. The van der Waals surface area contributed by atoms with Crippen molar-refractivity contribution in [2.75, 3.05) is 12.4 Å². The van der Waals surface area contributed by atoms with E-state index in [1.807, 2.05) is 37.3 Å². The van der Waals surface area contributed by atoms with Gasteiger partial charge in [0.25, 0.3) is 5.91 Å². The summed E-state index contributed by atoms with van der Waals surface area (Å²) in [5.41, 5.74) is 4.05. The average molecular weight is 364 g/mol. The Morgan fingerprint density at radius 1 is 1.19 bits per heavy atom. The largest absolute Gasteiger partial charge is 0.497 e. The number of methoxy groups -OCH3 is 1. The molecule has 0 aliphatic rings.